The topological polar surface area (TPSA) is 55.8 Å². The second kappa shape index (κ2) is 7.37. The Morgan fingerprint density at radius 2 is 1.96 bits per heavy atom. The molecule has 7 heteroatoms. The van der Waals surface area contributed by atoms with Gasteiger partial charge in [-0.3, -0.25) is 4.90 Å². The van der Waals surface area contributed by atoms with Crippen molar-refractivity contribution in [3.8, 4) is 0 Å². The molecule has 1 aliphatic rings. The van der Waals surface area contributed by atoms with Gasteiger partial charge in [-0.2, -0.15) is 0 Å². The van der Waals surface area contributed by atoms with Gasteiger partial charge in [-0.05, 0) is 45.7 Å². The Labute approximate surface area is 145 Å². The number of esters is 1. The summed E-state index contributed by atoms with van der Waals surface area (Å²) < 4.78 is 37.6. The molecule has 0 bridgehead atoms. The molecule has 2 rings (SSSR count). The van der Waals surface area contributed by atoms with E-state index in [0.29, 0.717) is 0 Å². The normalized spacial score (nSPS) is 20.5. The molecule has 25 heavy (non-hydrogen) atoms. The van der Waals surface area contributed by atoms with E-state index in [0.717, 1.165) is 12.1 Å². The summed E-state index contributed by atoms with van der Waals surface area (Å²) in [5, 5.41) is 0. The number of hydrogen-bond acceptors (Lipinski definition) is 4. The second-order valence-electron chi connectivity index (χ2n) is 7.00. The van der Waals surface area contributed by atoms with Gasteiger partial charge in [0.25, 0.3) is 0 Å². The number of benzene rings is 1. The smallest absolute Gasteiger partial charge is 0.411 e. The van der Waals surface area contributed by atoms with Gasteiger partial charge in [-0.1, -0.05) is 6.07 Å². The number of nitrogens with zero attached hydrogens (tertiary/aromatic N) is 1. The van der Waals surface area contributed by atoms with Gasteiger partial charge in [-0.25, -0.2) is 18.4 Å². The van der Waals surface area contributed by atoms with Crippen LogP contribution in [0, 0.1) is 11.6 Å². The van der Waals surface area contributed by atoms with E-state index in [1.165, 1.54) is 11.0 Å². The number of hydrogen-bond donors (Lipinski definition) is 0. The van der Waals surface area contributed by atoms with Crippen LogP contribution in [-0.2, 0) is 14.3 Å². The van der Waals surface area contributed by atoms with E-state index in [4.69, 9.17) is 9.47 Å². The highest BCUT2D eigenvalue weighted by molar-refractivity contribution is 5.82. The second-order valence-corrected chi connectivity index (χ2v) is 7.00. The molecule has 2 unspecified atom stereocenters. The minimum absolute atomic E-state index is 0.0982. The van der Waals surface area contributed by atoms with E-state index in [9.17, 15) is 18.4 Å². The Balaban J connectivity index is 2.26. The van der Waals surface area contributed by atoms with Crippen LogP contribution in [-0.4, -0.2) is 41.8 Å². The highest BCUT2D eigenvalue weighted by Gasteiger charge is 2.43. The van der Waals surface area contributed by atoms with E-state index in [-0.39, 0.29) is 25.1 Å². The molecule has 0 aliphatic carbocycles. The van der Waals surface area contributed by atoms with Gasteiger partial charge in [-0.15, -0.1) is 0 Å². The first kappa shape index (κ1) is 19.1. The van der Waals surface area contributed by atoms with Crippen molar-refractivity contribution in [3.63, 3.8) is 0 Å². The zero-order chi connectivity index (χ0) is 18.8. The fraction of sp³-hybridized carbons (Fsp3) is 0.556. The zero-order valence-corrected chi connectivity index (χ0v) is 14.8. The number of ether oxygens (including phenoxy) is 2. The van der Waals surface area contributed by atoms with E-state index in [1.807, 2.05) is 0 Å². The average molecular weight is 355 g/mol. The number of rotatable bonds is 3. The van der Waals surface area contributed by atoms with Crippen molar-refractivity contribution in [2.45, 2.75) is 51.7 Å². The molecule has 1 heterocycles. The minimum Gasteiger partial charge on any atom is -0.464 e. The number of halogens is 2. The molecule has 2 atom stereocenters. The molecule has 1 fully saturated rings. The van der Waals surface area contributed by atoms with Gasteiger partial charge >= 0.3 is 12.1 Å². The Morgan fingerprint density at radius 3 is 2.52 bits per heavy atom. The molecule has 0 aromatic heterocycles. The summed E-state index contributed by atoms with van der Waals surface area (Å²) in [5.41, 5.74) is -0.461. The molecule has 1 saturated heterocycles. The fourth-order valence-electron chi connectivity index (χ4n) is 2.88. The third kappa shape index (κ3) is 4.67. The standard InChI is InChI=1S/C18H23F2NO4/c1-5-24-16(22)15-8-11(13-7-6-12(19)9-14(13)20)10-21(15)17(23)25-18(2,3)4/h6-7,9,11,15H,5,8,10H2,1-4H3. The Kier molecular flexibility index (Phi) is 5.65. The first-order valence-electron chi connectivity index (χ1n) is 8.23. The van der Waals surface area contributed by atoms with Crippen molar-refractivity contribution >= 4 is 12.1 Å². The lowest BCUT2D eigenvalue weighted by Gasteiger charge is -2.27. The highest BCUT2D eigenvalue weighted by atomic mass is 19.1. The number of carbonyl (C=O) groups excluding carboxylic acids is 2. The molecular weight excluding hydrogens is 332 g/mol. The van der Waals surface area contributed by atoms with Crippen LogP contribution >= 0.6 is 0 Å². The SMILES string of the molecule is CCOC(=O)C1CC(c2ccc(F)cc2F)CN1C(=O)OC(C)(C)C. The molecule has 1 aromatic carbocycles. The van der Waals surface area contributed by atoms with Crippen LogP contribution in [0.15, 0.2) is 18.2 Å². The lowest BCUT2D eigenvalue weighted by Crippen LogP contribution is -2.44. The molecule has 0 spiro atoms. The van der Waals surface area contributed by atoms with Crippen LogP contribution < -0.4 is 0 Å². The van der Waals surface area contributed by atoms with Crippen molar-refractivity contribution in [1.29, 1.82) is 0 Å². The molecule has 0 radical (unpaired) electrons. The molecule has 1 aliphatic heterocycles. The Hall–Kier alpha value is -2.18. The van der Waals surface area contributed by atoms with Crippen molar-refractivity contribution < 1.29 is 27.8 Å². The summed E-state index contributed by atoms with van der Waals surface area (Å²) in [6.45, 7) is 7.10. The summed E-state index contributed by atoms with van der Waals surface area (Å²) in [7, 11) is 0. The first-order valence-corrected chi connectivity index (χ1v) is 8.23. The van der Waals surface area contributed by atoms with Crippen molar-refractivity contribution in [1.82, 2.24) is 4.90 Å². The summed E-state index contributed by atoms with van der Waals surface area (Å²) in [4.78, 5) is 25.9. The predicted octanol–water partition coefficient (Wildman–Crippen LogP) is 3.62. The summed E-state index contributed by atoms with van der Waals surface area (Å²) in [6.07, 6.45) is -0.462. The van der Waals surface area contributed by atoms with Crippen LogP contribution in [0.4, 0.5) is 13.6 Å². The third-order valence-electron chi connectivity index (χ3n) is 3.89. The maximum atomic E-state index is 14.1. The monoisotopic (exact) mass is 355 g/mol. The fourth-order valence-corrected chi connectivity index (χ4v) is 2.88. The van der Waals surface area contributed by atoms with Crippen molar-refractivity contribution in [3.05, 3.63) is 35.4 Å². The van der Waals surface area contributed by atoms with Crippen LogP contribution in [0.2, 0.25) is 0 Å². The lowest BCUT2D eigenvalue weighted by molar-refractivity contribution is -0.148. The quantitative estimate of drug-likeness (QED) is 0.777. The van der Waals surface area contributed by atoms with Gasteiger partial charge in [0.15, 0.2) is 0 Å². The first-order chi connectivity index (χ1) is 11.6. The van der Waals surface area contributed by atoms with E-state index in [2.05, 4.69) is 0 Å². The maximum Gasteiger partial charge on any atom is 0.411 e. The lowest BCUT2D eigenvalue weighted by atomic mass is 9.96. The number of amides is 1. The predicted molar refractivity (Wildman–Crippen MR) is 87.1 cm³/mol. The van der Waals surface area contributed by atoms with Crippen LogP contribution in [0.25, 0.3) is 0 Å². The molecule has 0 saturated carbocycles. The van der Waals surface area contributed by atoms with E-state index in [1.54, 1.807) is 27.7 Å². The molecular formula is C18H23F2NO4. The van der Waals surface area contributed by atoms with Crippen molar-refractivity contribution in [2.24, 2.45) is 0 Å². The highest BCUT2D eigenvalue weighted by Crippen LogP contribution is 2.34. The van der Waals surface area contributed by atoms with Gasteiger partial charge in [0.1, 0.15) is 23.3 Å². The summed E-state index contributed by atoms with van der Waals surface area (Å²) in [5.74, 6) is -2.37. The molecule has 0 N–H and O–H groups in total. The van der Waals surface area contributed by atoms with Crippen LogP contribution in [0.1, 0.15) is 45.6 Å². The largest absolute Gasteiger partial charge is 0.464 e. The third-order valence-corrected chi connectivity index (χ3v) is 3.89. The van der Waals surface area contributed by atoms with Crippen LogP contribution in [0.5, 0.6) is 0 Å². The number of carbonyl (C=O) groups is 2. The Morgan fingerprint density at radius 1 is 1.28 bits per heavy atom. The number of likely N-dealkylation sites (tertiary alicyclic amines) is 1. The van der Waals surface area contributed by atoms with E-state index < -0.39 is 41.3 Å². The molecule has 5 nitrogen and oxygen atoms in total. The Bertz CT molecular complexity index is 657. The average Bonchev–Trinajstić information content (AvgIpc) is 2.91. The van der Waals surface area contributed by atoms with Gasteiger partial charge in [0.05, 0.1) is 6.61 Å². The summed E-state index contributed by atoms with van der Waals surface area (Å²) in [6, 6.07) is 2.44. The van der Waals surface area contributed by atoms with Crippen LogP contribution in [0.3, 0.4) is 0 Å². The molecule has 1 amide bonds. The zero-order valence-electron chi connectivity index (χ0n) is 14.8. The minimum atomic E-state index is -0.857. The molecule has 1 aromatic rings. The van der Waals surface area contributed by atoms with Crippen molar-refractivity contribution in [2.75, 3.05) is 13.2 Å². The van der Waals surface area contributed by atoms with Gasteiger partial charge < -0.3 is 9.47 Å². The van der Waals surface area contributed by atoms with Gasteiger partial charge in [0, 0.05) is 18.5 Å². The summed E-state index contributed by atoms with van der Waals surface area (Å²) >= 11 is 0. The van der Waals surface area contributed by atoms with E-state index >= 15 is 0 Å². The maximum absolute atomic E-state index is 14.1. The molecule has 138 valence electrons. The van der Waals surface area contributed by atoms with Gasteiger partial charge in [0.2, 0.25) is 0 Å².